The van der Waals surface area contributed by atoms with Gasteiger partial charge < -0.3 is 9.64 Å². The lowest BCUT2D eigenvalue weighted by molar-refractivity contribution is 0.0739. The second kappa shape index (κ2) is 6.18. The Morgan fingerprint density at radius 2 is 2.32 bits per heavy atom. The maximum atomic E-state index is 12.5. The minimum atomic E-state index is -0.0303. The van der Waals surface area contributed by atoms with Crippen LogP contribution in [0.5, 0.6) is 5.75 Å². The normalized spacial score (nSPS) is 13.6. The zero-order valence-corrected chi connectivity index (χ0v) is 14.2. The van der Waals surface area contributed by atoms with Gasteiger partial charge in [-0.2, -0.15) is 0 Å². The summed E-state index contributed by atoms with van der Waals surface area (Å²) in [6.45, 7) is 1.07. The van der Waals surface area contributed by atoms with Gasteiger partial charge >= 0.3 is 0 Å². The lowest BCUT2D eigenvalue weighted by Crippen LogP contribution is -2.36. The number of fused-ring (bicyclic) bond motifs is 1. The molecule has 1 aromatic carbocycles. The van der Waals surface area contributed by atoms with Crippen LogP contribution in [0.1, 0.15) is 31.2 Å². The third-order valence-corrected chi connectivity index (χ3v) is 5.18. The minimum absolute atomic E-state index is 0.0303. The number of hydrogen-bond acceptors (Lipinski definition) is 5. The number of amides is 1. The highest BCUT2D eigenvalue weighted by Crippen LogP contribution is 2.30. The quantitative estimate of drug-likeness (QED) is 0.768. The molecule has 0 aliphatic carbocycles. The van der Waals surface area contributed by atoms with E-state index >= 15 is 0 Å². The summed E-state index contributed by atoms with van der Waals surface area (Å²) in [5, 5.41) is 0. The van der Waals surface area contributed by atoms with Crippen molar-refractivity contribution in [2.45, 2.75) is 13.0 Å². The van der Waals surface area contributed by atoms with Gasteiger partial charge in [0, 0.05) is 13.1 Å². The highest BCUT2D eigenvalue weighted by atomic mass is 79.9. The molecule has 0 N–H and O–H groups in total. The number of thiazole rings is 1. The van der Waals surface area contributed by atoms with E-state index in [1.165, 1.54) is 11.3 Å². The molecule has 5 nitrogen and oxygen atoms in total. The van der Waals surface area contributed by atoms with Gasteiger partial charge in [-0.1, -0.05) is 6.07 Å². The second-order valence-corrected chi connectivity index (χ2v) is 7.20. The Morgan fingerprint density at radius 3 is 2.95 bits per heavy atom. The van der Waals surface area contributed by atoms with Crippen LogP contribution >= 0.6 is 27.3 Å². The van der Waals surface area contributed by atoms with Crippen molar-refractivity contribution in [1.29, 1.82) is 0 Å². The molecule has 1 aliphatic heterocycles. The van der Waals surface area contributed by atoms with Gasteiger partial charge in [0.2, 0.25) is 0 Å². The van der Waals surface area contributed by atoms with Gasteiger partial charge in [0.05, 0.1) is 18.9 Å². The maximum Gasteiger partial charge on any atom is 0.265 e. The molecule has 0 saturated carbocycles. The maximum absolute atomic E-state index is 12.5. The van der Waals surface area contributed by atoms with Gasteiger partial charge in [0.25, 0.3) is 5.91 Å². The number of hydrogen-bond donors (Lipinski definition) is 0. The molecule has 0 radical (unpaired) electrons. The van der Waals surface area contributed by atoms with Crippen LogP contribution in [-0.2, 0) is 13.0 Å². The summed E-state index contributed by atoms with van der Waals surface area (Å²) >= 11 is 4.59. The van der Waals surface area contributed by atoms with Crippen molar-refractivity contribution in [3.8, 4) is 5.75 Å². The van der Waals surface area contributed by atoms with E-state index in [1.54, 1.807) is 24.3 Å². The fraction of sp³-hybridized carbons (Fsp3) is 0.267. The van der Waals surface area contributed by atoms with E-state index in [1.807, 2.05) is 6.07 Å². The summed E-state index contributed by atoms with van der Waals surface area (Å²) in [6.07, 6.45) is 3.05. The van der Waals surface area contributed by atoms with Crippen molar-refractivity contribution >= 4 is 39.5 Å². The fourth-order valence-corrected chi connectivity index (χ4v) is 3.89. The van der Waals surface area contributed by atoms with E-state index in [2.05, 4.69) is 20.9 Å². The van der Waals surface area contributed by atoms with E-state index in [-0.39, 0.29) is 5.91 Å². The first-order valence-corrected chi connectivity index (χ1v) is 8.29. The molecule has 0 spiro atoms. The van der Waals surface area contributed by atoms with Crippen molar-refractivity contribution < 1.29 is 14.3 Å². The number of rotatable bonds is 3. The van der Waals surface area contributed by atoms with E-state index in [0.29, 0.717) is 39.6 Å². The first-order chi connectivity index (χ1) is 10.6. The SMILES string of the molecule is COc1ccc2c(c1C=O)CCN(C(=O)c1cnc(Br)s1)C2. The molecule has 0 atom stereocenters. The van der Waals surface area contributed by atoms with Crippen molar-refractivity contribution in [2.75, 3.05) is 13.7 Å². The molecule has 114 valence electrons. The molecule has 0 bridgehead atoms. The van der Waals surface area contributed by atoms with E-state index < -0.39 is 0 Å². The van der Waals surface area contributed by atoms with Crippen molar-refractivity contribution in [3.05, 3.63) is 43.8 Å². The molecule has 1 aromatic heterocycles. The molecule has 1 aliphatic rings. The van der Waals surface area contributed by atoms with Gasteiger partial charge in [-0.15, -0.1) is 11.3 Å². The molecule has 2 aromatic rings. The molecular formula is C15H13BrN2O3S. The number of ether oxygens (including phenoxy) is 1. The molecule has 22 heavy (non-hydrogen) atoms. The molecule has 2 heterocycles. The van der Waals surface area contributed by atoms with Crippen LogP contribution in [0.25, 0.3) is 0 Å². The number of carbonyl (C=O) groups excluding carboxylic acids is 2. The van der Waals surface area contributed by atoms with Crippen molar-refractivity contribution in [3.63, 3.8) is 0 Å². The van der Waals surface area contributed by atoms with E-state index in [4.69, 9.17) is 4.74 Å². The Labute approximate surface area is 140 Å². The van der Waals surface area contributed by atoms with E-state index in [9.17, 15) is 9.59 Å². The van der Waals surface area contributed by atoms with Crippen LogP contribution in [0, 0.1) is 0 Å². The summed E-state index contributed by atoms with van der Waals surface area (Å²) in [5.41, 5.74) is 2.56. The number of aromatic nitrogens is 1. The second-order valence-electron chi connectivity index (χ2n) is 4.89. The molecule has 3 rings (SSSR count). The van der Waals surface area contributed by atoms with Gasteiger partial charge in [0.1, 0.15) is 10.6 Å². The smallest absolute Gasteiger partial charge is 0.265 e. The predicted octanol–water partition coefficient (Wildman–Crippen LogP) is 2.93. The Hall–Kier alpha value is -1.73. The Bertz CT molecular complexity index is 744. The van der Waals surface area contributed by atoms with Crippen LogP contribution < -0.4 is 4.74 Å². The molecule has 0 fully saturated rings. The zero-order valence-electron chi connectivity index (χ0n) is 11.8. The third kappa shape index (κ3) is 2.66. The Kier molecular flexibility index (Phi) is 4.26. The van der Waals surface area contributed by atoms with Crippen LogP contribution in [0.4, 0.5) is 0 Å². The van der Waals surface area contributed by atoms with Gasteiger partial charge in [-0.3, -0.25) is 9.59 Å². The number of carbonyl (C=O) groups is 2. The van der Waals surface area contributed by atoms with Crippen LogP contribution in [-0.4, -0.2) is 35.7 Å². The molecule has 1 amide bonds. The monoisotopic (exact) mass is 380 g/mol. The Morgan fingerprint density at radius 1 is 1.50 bits per heavy atom. The standard InChI is InChI=1S/C15H13BrN2O3S/c1-21-12-3-2-9-7-18(5-4-10(9)11(12)8-19)14(20)13-6-17-15(16)22-13/h2-3,6,8H,4-5,7H2,1H3. The highest BCUT2D eigenvalue weighted by molar-refractivity contribution is 9.11. The topological polar surface area (TPSA) is 59.5 Å². The lowest BCUT2D eigenvalue weighted by Gasteiger charge is -2.29. The highest BCUT2D eigenvalue weighted by Gasteiger charge is 2.25. The number of methoxy groups -OCH3 is 1. The summed E-state index contributed by atoms with van der Waals surface area (Å²) in [6, 6.07) is 3.70. The van der Waals surface area contributed by atoms with Gasteiger partial charge in [0.15, 0.2) is 10.2 Å². The first-order valence-electron chi connectivity index (χ1n) is 6.68. The van der Waals surface area contributed by atoms with Crippen LogP contribution in [0.3, 0.4) is 0 Å². The third-order valence-electron chi connectivity index (χ3n) is 3.72. The molecular weight excluding hydrogens is 368 g/mol. The minimum Gasteiger partial charge on any atom is -0.496 e. The molecule has 7 heteroatoms. The average molecular weight is 381 g/mol. The largest absolute Gasteiger partial charge is 0.496 e. The molecule has 0 unspecified atom stereocenters. The summed E-state index contributed by atoms with van der Waals surface area (Å²) in [7, 11) is 1.55. The van der Waals surface area contributed by atoms with Gasteiger partial charge in [-0.25, -0.2) is 4.98 Å². The lowest BCUT2D eigenvalue weighted by atomic mass is 9.94. The van der Waals surface area contributed by atoms with Crippen molar-refractivity contribution in [1.82, 2.24) is 9.88 Å². The summed E-state index contributed by atoms with van der Waals surface area (Å²) in [5.74, 6) is 0.553. The average Bonchev–Trinajstić information content (AvgIpc) is 2.98. The fourth-order valence-electron chi connectivity index (χ4n) is 2.65. The van der Waals surface area contributed by atoms with Gasteiger partial charge in [-0.05, 0) is 39.5 Å². The number of halogens is 1. The van der Waals surface area contributed by atoms with E-state index in [0.717, 1.165) is 17.4 Å². The number of aldehydes is 1. The summed E-state index contributed by atoms with van der Waals surface area (Å²) in [4.78, 5) is 30.3. The van der Waals surface area contributed by atoms with Crippen molar-refractivity contribution in [2.24, 2.45) is 0 Å². The summed E-state index contributed by atoms with van der Waals surface area (Å²) < 4.78 is 5.92. The van der Waals surface area contributed by atoms with Crippen LogP contribution in [0.2, 0.25) is 0 Å². The van der Waals surface area contributed by atoms with Crippen LogP contribution in [0.15, 0.2) is 22.2 Å². The predicted molar refractivity (Wildman–Crippen MR) is 86.6 cm³/mol. The molecule has 0 saturated heterocycles. The number of nitrogens with zero attached hydrogens (tertiary/aromatic N) is 2. The zero-order chi connectivity index (χ0) is 15.7. The first kappa shape index (κ1) is 15.2. The Balaban J connectivity index is 1.88. The number of benzene rings is 1.